The van der Waals surface area contributed by atoms with Crippen molar-refractivity contribution in [2.45, 2.75) is 51.4 Å². The number of rotatable bonds is 2. The van der Waals surface area contributed by atoms with Crippen LogP contribution in [0.4, 0.5) is 11.4 Å². The molecule has 6 aliphatic rings. The molecule has 0 aliphatic carbocycles. The number of benzene rings is 2. The van der Waals surface area contributed by atoms with Gasteiger partial charge in [-0.1, -0.05) is 0 Å². The van der Waals surface area contributed by atoms with Crippen molar-refractivity contribution in [1.82, 2.24) is 19.9 Å². The summed E-state index contributed by atoms with van der Waals surface area (Å²) in [5, 5.41) is 0. The molecule has 0 unspecified atom stereocenters. The zero-order valence-corrected chi connectivity index (χ0v) is 28.4. The average Bonchev–Trinajstić information content (AvgIpc) is 3.96. The quantitative estimate of drug-likeness (QED) is 0.195. The Morgan fingerprint density at radius 2 is 0.860 bits per heavy atom. The third-order valence-electron chi connectivity index (χ3n) is 11.6. The van der Waals surface area contributed by atoms with Crippen LogP contribution in [0.1, 0.15) is 70.7 Å². The molecule has 2 aromatic carbocycles. The predicted octanol–water partition coefficient (Wildman–Crippen LogP) is 9.39. The minimum absolute atomic E-state index is 0.954. The van der Waals surface area contributed by atoms with Gasteiger partial charge in [-0.05, 0) is 170 Å². The Labute approximate surface area is 292 Å². The number of aryl methyl sites for hydroxylation is 4. The number of H-pyrrole nitrogens is 2. The topological polar surface area (TPSA) is 63.8 Å². The van der Waals surface area contributed by atoms with Crippen molar-refractivity contribution < 1.29 is 0 Å². The first-order valence-corrected chi connectivity index (χ1v) is 18.6. The van der Waals surface area contributed by atoms with E-state index in [9.17, 15) is 0 Å². The first kappa shape index (κ1) is 28.5. The van der Waals surface area contributed by atoms with Gasteiger partial charge in [-0.3, -0.25) is 0 Å². The highest BCUT2D eigenvalue weighted by Gasteiger charge is 2.27. The zero-order chi connectivity index (χ0) is 32.8. The van der Waals surface area contributed by atoms with Gasteiger partial charge in [0.1, 0.15) is 0 Å². The second-order valence-electron chi connectivity index (χ2n) is 14.9. The smallest absolute Gasteiger partial charge is 0.0736 e. The van der Waals surface area contributed by atoms with E-state index < -0.39 is 0 Å². The van der Waals surface area contributed by atoms with Gasteiger partial charge < -0.3 is 19.8 Å². The van der Waals surface area contributed by atoms with Crippen molar-refractivity contribution in [2.75, 3.05) is 36.0 Å². The summed E-state index contributed by atoms with van der Waals surface area (Å²) in [6.45, 7) is 4.72. The molecule has 9 heterocycles. The lowest BCUT2D eigenvalue weighted by Gasteiger charge is -2.37. The number of nitrogens with zero attached hydrogens (tertiary/aromatic N) is 4. The van der Waals surface area contributed by atoms with E-state index in [1.165, 1.54) is 96.6 Å². The lowest BCUT2D eigenvalue weighted by Crippen LogP contribution is -2.34. The van der Waals surface area contributed by atoms with Gasteiger partial charge in [0.15, 0.2) is 0 Å². The third kappa shape index (κ3) is 4.61. The zero-order valence-electron chi connectivity index (χ0n) is 28.4. The van der Waals surface area contributed by atoms with Gasteiger partial charge in [0, 0.05) is 70.7 Å². The van der Waals surface area contributed by atoms with Gasteiger partial charge in [0.05, 0.1) is 22.8 Å². The molecule has 2 N–H and O–H groups in total. The van der Waals surface area contributed by atoms with Crippen LogP contribution in [-0.4, -0.2) is 46.1 Å². The molecule has 6 aliphatic heterocycles. The number of aromatic nitrogens is 4. The van der Waals surface area contributed by atoms with E-state index in [4.69, 9.17) is 9.97 Å². The molecular weight excluding hydrogens is 613 g/mol. The van der Waals surface area contributed by atoms with Crippen LogP contribution in [0.15, 0.2) is 60.7 Å². The molecule has 8 bridgehead atoms. The van der Waals surface area contributed by atoms with Crippen molar-refractivity contribution in [1.29, 1.82) is 0 Å². The summed E-state index contributed by atoms with van der Waals surface area (Å²) in [6, 6.07) is 22.9. The first-order valence-electron chi connectivity index (χ1n) is 18.6. The molecule has 0 saturated carbocycles. The lowest BCUT2D eigenvalue weighted by atomic mass is 9.88. The number of anilines is 2. The van der Waals surface area contributed by atoms with Crippen molar-refractivity contribution in [2.24, 2.45) is 0 Å². The molecule has 0 radical (unpaired) electrons. The van der Waals surface area contributed by atoms with E-state index in [0.717, 1.165) is 81.7 Å². The van der Waals surface area contributed by atoms with Crippen molar-refractivity contribution in [3.8, 4) is 22.3 Å². The molecule has 3 aromatic heterocycles. The highest BCUT2D eigenvalue weighted by Crippen LogP contribution is 2.42. The SMILES string of the molecule is C1=Cc2nc1cc1ccc([nH]1)c(-c1cc3c4c(c1)CCCN4CCC3)c1nc(cc3ccc([nH]3)c2-c2cc3c4c(c2)CCCN4CCC3)C=C1. The molecule has 6 heteroatoms. The normalized spacial score (nSPS) is 17.2. The molecule has 246 valence electrons. The Bertz CT molecular complexity index is 2240. The van der Waals surface area contributed by atoms with E-state index in [-0.39, 0.29) is 0 Å². The minimum Gasteiger partial charge on any atom is -0.371 e. The van der Waals surface area contributed by atoms with Crippen LogP contribution in [0, 0.1) is 0 Å². The Kier molecular flexibility index (Phi) is 6.31. The van der Waals surface area contributed by atoms with E-state index in [1.54, 1.807) is 0 Å². The van der Waals surface area contributed by atoms with Crippen molar-refractivity contribution in [3.05, 3.63) is 106 Å². The molecule has 0 saturated heterocycles. The molecule has 0 fully saturated rings. The Balaban J connectivity index is 1.14. The second-order valence-corrected chi connectivity index (χ2v) is 14.9. The highest BCUT2D eigenvalue weighted by atomic mass is 15.1. The van der Waals surface area contributed by atoms with Crippen LogP contribution < -0.4 is 9.80 Å². The van der Waals surface area contributed by atoms with Crippen LogP contribution >= 0.6 is 0 Å². The summed E-state index contributed by atoms with van der Waals surface area (Å²) in [6.07, 6.45) is 18.1. The number of aromatic amines is 2. The number of fused-ring (bicyclic) bond motifs is 8. The Morgan fingerprint density at radius 1 is 0.460 bits per heavy atom. The number of nitrogens with one attached hydrogen (secondary N) is 2. The van der Waals surface area contributed by atoms with Crippen LogP contribution in [0.2, 0.25) is 0 Å². The number of hydrogen-bond donors (Lipinski definition) is 2. The molecule has 0 spiro atoms. The van der Waals surface area contributed by atoms with E-state index in [1.807, 2.05) is 0 Å². The van der Waals surface area contributed by atoms with E-state index >= 15 is 0 Å². The van der Waals surface area contributed by atoms with Gasteiger partial charge in [0.2, 0.25) is 0 Å². The Hall–Kier alpha value is -5.36. The minimum atomic E-state index is 0.954. The summed E-state index contributed by atoms with van der Waals surface area (Å²) in [5.41, 5.74) is 21.9. The van der Waals surface area contributed by atoms with E-state index in [0.29, 0.717) is 0 Å². The molecule has 0 atom stereocenters. The maximum absolute atomic E-state index is 5.26. The fourth-order valence-corrected chi connectivity index (χ4v) is 9.58. The summed E-state index contributed by atoms with van der Waals surface area (Å²) in [4.78, 5) is 23.3. The molecule has 5 aromatic rings. The maximum atomic E-state index is 5.26. The predicted molar refractivity (Wildman–Crippen MR) is 207 cm³/mol. The second kappa shape index (κ2) is 11.1. The van der Waals surface area contributed by atoms with Gasteiger partial charge in [-0.15, -0.1) is 0 Å². The standard InChI is InChI=1S/C44H40N6/c1-5-27-21-31(22-28-6-2-18-49(17-1)43(27)28)41-37-13-9-33(45-37)25-35-11-15-39(47-35)42(40-16-12-36(48-40)26-34-10-14-38(41)46-34)32-23-29-7-3-19-50-20-4-8-30(24-32)44(29)50/h9-16,21-26,45,48H,1-8,17-20H2. The summed E-state index contributed by atoms with van der Waals surface area (Å²) in [5.74, 6) is 0. The summed E-state index contributed by atoms with van der Waals surface area (Å²) >= 11 is 0. The molecule has 11 rings (SSSR count). The largest absolute Gasteiger partial charge is 0.371 e. The van der Waals surface area contributed by atoms with Gasteiger partial charge in [-0.2, -0.15) is 0 Å². The monoisotopic (exact) mass is 652 g/mol. The van der Waals surface area contributed by atoms with Crippen LogP contribution in [0.3, 0.4) is 0 Å². The molecule has 50 heavy (non-hydrogen) atoms. The molecule has 6 nitrogen and oxygen atoms in total. The summed E-state index contributed by atoms with van der Waals surface area (Å²) < 4.78 is 0. The fourth-order valence-electron chi connectivity index (χ4n) is 9.58. The fraction of sp³-hybridized carbons (Fsp3) is 0.273. The summed E-state index contributed by atoms with van der Waals surface area (Å²) in [7, 11) is 0. The first-order chi connectivity index (χ1) is 24.7. The highest BCUT2D eigenvalue weighted by molar-refractivity contribution is 5.94. The average molecular weight is 653 g/mol. The molecular formula is C44H40N6. The van der Waals surface area contributed by atoms with Crippen LogP contribution in [0.5, 0.6) is 0 Å². The number of hydrogen-bond acceptors (Lipinski definition) is 4. The van der Waals surface area contributed by atoms with Crippen molar-refractivity contribution in [3.63, 3.8) is 0 Å². The maximum Gasteiger partial charge on any atom is 0.0736 e. The van der Waals surface area contributed by atoms with E-state index in [2.05, 4.69) is 105 Å². The van der Waals surface area contributed by atoms with Crippen molar-refractivity contribution >= 4 is 57.7 Å². The van der Waals surface area contributed by atoms with Crippen LogP contribution in [-0.2, 0) is 25.7 Å². The van der Waals surface area contributed by atoms with Gasteiger partial charge >= 0.3 is 0 Å². The van der Waals surface area contributed by atoms with Gasteiger partial charge in [-0.25, -0.2) is 9.97 Å². The molecule has 0 amide bonds. The van der Waals surface area contributed by atoms with Gasteiger partial charge in [0.25, 0.3) is 0 Å². The Morgan fingerprint density at radius 3 is 1.26 bits per heavy atom. The van der Waals surface area contributed by atoms with Crippen LogP contribution in [0.25, 0.3) is 68.6 Å². The lowest BCUT2D eigenvalue weighted by molar-refractivity contribution is 0.634. The third-order valence-corrected chi connectivity index (χ3v) is 11.6.